The zero-order valence-electron chi connectivity index (χ0n) is 48.6. The minimum atomic E-state index is -1.76. The van der Waals surface area contributed by atoms with Crippen molar-refractivity contribution in [2.75, 3.05) is 26.2 Å². The summed E-state index contributed by atoms with van der Waals surface area (Å²) in [6.07, 6.45) is 1.21. The number of carbonyl (C=O) groups excluding carboxylic acids is 10. The number of nitrogens with one attached hydrogen (secondary N) is 10. The molecule has 1 aromatic heterocycles. The van der Waals surface area contributed by atoms with Gasteiger partial charge in [0.1, 0.15) is 54.1 Å². The highest BCUT2D eigenvalue weighted by Crippen LogP contribution is 2.14. The molecule has 24 N–H and O–H groups in total. The van der Waals surface area contributed by atoms with Gasteiger partial charge >= 0.3 is 11.9 Å². The average molecular weight is 1220 g/mol. The first-order valence-electron chi connectivity index (χ1n) is 27.8. The van der Waals surface area contributed by atoms with Gasteiger partial charge in [-0.3, -0.25) is 57.7 Å². The van der Waals surface area contributed by atoms with Crippen LogP contribution in [0.5, 0.6) is 5.75 Å². The Morgan fingerprint density at radius 2 is 1.15 bits per heavy atom. The molecule has 0 spiro atoms. The van der Waals surface area contributed by atoms with E-state index in [0.29, 0.717) is 17.7 Å². The van der Waals surface area contributed by atoms with Crippen LogP contribution in [0, 0.1) is 11.8 Å². The van der Waals surface area contributed by atoms with E-state index in [1.165, 1.54) is 36.8 Å². The molecular weight excluding hydrogens is 1130 g/mol. The number of carboxylic acid groups (broad SMARTS) is 2. The molecule has 33 heteroatoms. The van der Waals surface area contributed by atoms with Gasteiger partial charge in [0.2, 0.25) is 59.1 Å². The number of aliphatic hydroxyl groups is 1. The number of unbranched alkanes of at least 4 members (excludes halogenated alkanes) is 1. The van der Waals surface area contributed by atoms with Crippen molar-refractivity contribution in [3.05, 3.63) is 48.0 Å². The molecule has 0 aliphatic rings. The number of hydrogen-bond acceptors (Lipinski definition) is 18. The summed E-state index contributed by atoms with van der Waals surface area (Å²) in [4.78, 5) is 169. The monoisotopic (exact) mass is 1220 g/mol. The molecule has 2 rings (SSSR count). The Kier molecular flexibility index (Phi) is 32.4. The molecule has 33 nitrogen and oxygen atoms in total. The molecular formula is C53H85N17O16. The number of guanidine groups is 1. The molecule has 9 atom stereocenters. The van der Waals surface area contributed by atoms with Gasteiger partial charge in [-0.15, -0.1) is 0 Å². The number of imidazole rings is 1. The number of phenols is 1. The Hall–Kier alpha value is -8.98. The second-order valence-corrected chi connectivity index (χ2v) is 21.0. The lowest BCUT2D eigenvalue weighted by Crippen LogP contribution is -2.60. The Morgan fingerprint density at radius 1 is 0.605 bits per heavy atom. The van der Waals surface area contributed by atoms with Crippen molar-refractivity contribution >= 4 is 77.0 Å². The molecule has 2 aromatic rings. The second kappa shape index (κ2) is 38.1. The van der Waals surface area contributed by atoms with Crippen molar-refractivity contribution in [1.82, 2.24) is 57.8 Å². The smallest absolute Gasteiger partial charge is 0.326 e. The number of aliphatic carboxylic acids is 2. The number of aromatic amines is 1. The summed E-state index contributed by atoms with van der Waals surface area (Å²) >= 11 is 0. The highest BCUT2D eigenvalue weighted by atomic mass is 16.4. The van der Waals surface area contributed by atoms with E-state index in [2.05, 4.69) is 62.8 Å². The number of phenolic OH excluding ortho intramolecular Hbond substituents is 1. The maximum atomic E-state index is 14.3. The SMILES string of the molecule is CC(C)C[C@H](NC(=O)[C@H](CO)NC(=O)[C@H](Cc1ccc(O)cc1)NC(=O)[C@H](CCCN=C(N)N)NC(=O)CNC(=O)[C@H](CCCCN)NC(=O)[C@H](CCC(N)=O)NC(=O)[C@@H](NC(=O)[C@@H](N)CCC(=O)O)C(C)C)C(=O)N[C@@H](Cc1cnc[nH]1)C(=O)O. The normalized spacial score (nSPS) is 14.2. The van der Waals surface area contributed by atoms with Crippen LogP contribution in [-0.2, 0) is 70.4 Å². The van der Waals surface area contributed by atoms with E-state index in [4.69, 9.17) is 33.8 Å². The minimum Gasteiger partial charge on any atom is -0.508 e. The van der Waals surface area contributed by atoms with E-state index in [1.54, 1.807) is 27.7 Å². The zero-order chi connectivity index (χ0) is 64.6. The van der Waals surface area contributed by atoms with Gasteiger partial charge in [-0.1, -0.05) is 39.8 Å². The Labute approximate surface area is 496 Å². The van der Waals surface area contributed by atoms with Crippen LogP contribution in [0.3, 0.4) is 0 Å². The van der Waals surface area contributed by atoms with E-state index in [1.807, 2.05) is 0 Å². The topological polar surface area (TPSA) is 565 Å². The van der Waals surface area contributed by atoms with Gasteiger partial charge in [-0.25, -0.2) is 9.78 Å². The standard InChI is InChI=1S/C53H85N17O16/c1-27(2)20-36(48(81)68-38(52(85)86)22-30-23-59-26-62-30)66-50(83)39(25-71)69-49(82)37(21-29-10-12-31(72)13-11-29)67-46(79)34(9-7-19-60-53(57)58)63-41(74)24-61-45(78)33(8-5-6-18-54)64-47(80)35(15-16-40(56)73)65-51(84)43(28(3)4)70-44(77)32(55)14-17-42(75)76/h10-13,23,26-28,32-39,43,71-72H,5-9,14-22,24-25,54-55H2,1-4H3,(H2,56,73)(H,59,62)(H,61,78)(H,63,74)(H,64,80)(H,65,84)(H,66,83)(H,67,79)(H,68,81)(H,69,82)(H,70,77)(H,75,76)(H,85,86)(H4,57,58,60)/t32-,33-,34-,35-,36-,37-,38-,39-,43-/m0/s1. The number of aliphatic imine (C=N–C) groups is 1. The van der Waals surface area contributed by atoms with Crippen LogP contribution >= 0.6 is 0 Å². The molecule has 0 radical (unpaired) electrons. The minimum absolute atomic E-state index is 0.00529. The van der Waals surface area contributed by atoms with Gasteiger partial charge in [0.05, 0.1) is 25.5 Å². The molecule has 0 fully saturated rings. The number of benzene rings is 1. The highest BCUT2D eigenvalue weighted by Gasteiger charge is 2.35. The number of carbonyl (C=O) groups is 12. The predicted octanol–water partition coefficient (Wildman–Crippen LogP) is -5.69. The van der Waals surface area contributed by atoms with Crippen LogP contribution < -0.4 is 76.5 Å². The lowest BCUT2D eigenvalue weighted by atomic mass is 10.0. The molecule has 0 aliphatic carbocycles. The molecule has 478 valence electrons. The first kappa shape index (κ1) is 73.1. The van der Waals surface area contributed by atoms with E-state index >= 15 is 0 Å². The predicted molar refractivity (Wildman–Crippen MR) is 308 cm³/mol. The van der Waals surface area contributed by atoms with Gasteiger partial charge in [0.15, 0.2) is 5.96 Å². The van der Waals surface area contributed by atoms with E-state index in [0.717, 1.165) is 0 Å². The summed E-state index contributed by atoms with van der Waals surface area (Å²) in [7, 11) is 0. The maximum absolute atomic E-state index is 14.3. The van der Waals surface area contributed by atoms with Crippen LogP contribution in [0.2, 0.25) is 0 Å². The number of primary amides is 1. The zero-order valence-corrected chi connectivity index (χ0v) is 48.6. The van der Waals surface area contributed by atoms with Crippen LogP contribution in [0.25, 0.3) is 0 Å². The fraction of sp³-hybridized carbons (Fsp3) is 0.585. The molecule has 10 amide bonds. The number of aliphatic hydroxyl groups excluding tert-OH is 1. The third kappa shape index (κ3) is 28.1. The molecule has 1 heterocycles. The Balaban J connectivity index is 2.40. The van der Waals surface area contributed by atoms with Gasteiger partial charge in [-0.2, -0.15) is 0 Å². The van der Waals surface area contributed by atoms with Crippen molar-refractivity contribution in [3.8, 4) is 5.75 Å². The first-order valence-corrected chi connectivity index (χ1v) is 27.8. The highest BCUT2D eigenvalue weighted by molar-refractivity contribution is 5.98. The van der Waals surface area contributed by atoms with Crippen LogP contribution in [0.4, 0.5) is 0 Å². The fourth-order valence-corrected chi connectivity index (χ4v) is 8.24. The summed E-state index contributed by atoms with van der Waals surface area (Å²) in [5.41, 5.74) is 28.7. The Bertz CT molecular complexity index is 2620. The van der Waals surface area contributed by atoms with Gasteiger partial charge < -0.3 is 102 Å². The Morgan fingerprint density at radius 3 is 1.71 bits per heavy atom. The number of H-pyrrole nitrogens is 1. The lowest BCUT2D eigenvalue weighted by molar-refractivity contribution is -0.142. The molecule has 0 saturated carbocycles. The number of rotatable bonds is 41. The number of amides is 10. The van der Waals surface area contributed by atoms with E-state index in [-0.39, 0.29) is 88.5 Å². The fourth-order valence-electron chi connectivity index (χ4n) is 8.24. The largest absolute Gasteiger partial charge is 0.508 e. The lowest BCUT2D eigenvalue weighted by Gasteiger charge is -2.27. The van der Waals surface area contributed by atoms with Crippen molar-refractivity contribution < 1.29 is 78.0 Å². The number of aromatic hydroxyl groups is 1. The molecule has 0 unspecified atom stereocenters. The third-order valence-corrected chi connectivity index (χ3v) is 12.9. The van der Waals surface area contributed by atoms with Crippen molar-refractivity contribution in [1.29, 1.82) is 0 Å². The van der Waals surface area contributed by atoms with Crippen molar-refractivity contribution in [3.63, 3.8) is 0 Å². The number of nitrogens with two attached hydrogens (primary N) is 5. The van der Waals surface area contributed by atoms with Gasteiger partial charge in [0.25, 0.3) is 0 Å². The van der Waals surface area contributed by atoms with Gasteiger partial charge in [-0.05, 0) is 87.4 Å². The first-order chi connectivity index (χ1) is 40.5. The summed E-state index contributed by atoms with van der Waals surface area (Å²) in [5, 5.41) is 61.4. The quantitative estimate of drug-likeness (QED) is 0.0168. The number of nitrogens with zero attached hydrogens (tertiary/aromatic N) is 2. The number of hydrogen-bond donors (Lipinski definition) is 19. The summed E-state index contributed by atoms with van der Waals surface area (Å²) in [6.45, 7) is 4.91. The molecule has 1 aromatic carbocycles. The molecule has 86 heavy (non-hydrogen) atoms. The number of aromatic nitrogens is 2. The van der Waals surface area contributed by atoms with Crippen LogP contribution in [-0.4, -0.2) is 188 Å². The van der Waals surface area contributed by atoms with E-state index in [9.17, 15) is 72.9 Å². The summed E-state index contributed by atoms with van der Waals surface area (Å²) in [5.74, 6) is -13.2. The van der Waals surface area contributed by atoms with Crippen molar-refractivity contribution in [2.45, 2.75) is 159 Å². The molecule has 0 saturated heterocycles. The number of carboxylic acids is 2. The van der Waals surface area contributed by atoms with Crippen LogP contribution in [0.15, 0.2) is 41.8 Å². The van der Waals surface area contributed by atoms with E-state index < -0.39 is 157 Å². The molecule has 0 bridgehead atoms. The van der Waals surface area contributed by atoms with Crippen molar-refractivity contribution in [2.24, 2.45) is 45.5 Å². The summed E-state index contributed by atoms with van der Waals surface area (Å²) < 4.78 is 0. The molecule has 0 aliphatic heterocycles. The van der Waals surface area contributed by atoms with Gasteiger partial charge in [0, 0.05) is 44.1 Å². The summed E-state index contributed by atoms with van der Waals surface area (Å²) in [6, 6.07) is -7.69. The third-order valence-electron chi connectivity index (χ3n) is 12.9. The van der Waals surface area contributed by atoms with Crippen LogP contribution in [0.1, 0.15) is 103 Å². The second-order valence-electron chi connectivity index (χ2n) is 21.0. The maximum Gasteiger partial charge on any atom is 0.326 e. The average Bonchev–Trinajstić information content (AvgIpc) is 3.69.